The summed E-state index contributed by atoms with van der Waals surface area (Å²) in [4.78, 5) is 12.1. The summed E-state index contributed by atoms with van der Waals surface area (Å²) in [5.41, 5.74) is 2.57. The summed E-state index contributed by atoms with van der Waals surface area (Å²) < 4.78 is 10.9. The summed E-state index contributed by atoms with van der Waals surface area (Å²) in [6.07, 6.45) is 0. The number of amides is 1. The third-order valence-corrected chi connectivity index (χ3v) is 4.23. The highest BCUT2D eigenvalue weighted by atomic mass is 35.5. The molecule has 6 heteroatoms. The maximum Gasteiger partial charge on any atom is 0.243 e. The van der Waals surface area contributed by atoms with Crippen LogP contribution in [0, 0.1) is 0 Å². The topological polar surface area (TPSA) is 59.6 Å². The van der Waals surface area contributed by atoms with Gasteiger partial charge in [0, 0.05) is 22.5 Å². The Bertz CT molecular complexity index is 912. The first-order valence-electron chi connectivity index (χ1n) is 8.77. The summed E-state index contributed by atoms with van der Waals surface area (Å²) in [5, 5.41) is 6.62. The largest absolute Gasteiger partial charge is 0.497 e. The third kappa shape index (κ3) is 5.93. The fourth-order valence-corrected chi connectivity index (χ4v) is 2.63. The zero-order chi connectivity index (χ0) is 19.8. The van der Waals surface area contributed by atoms with Gasteiger partial charge in [-0.1, -0.05) is 29.8 Å². The van der Waals surface area contributed by atoms with E-state index in [4.69, 9.17) is 21.1 Å². The molecule has 0 aromatic heterocycles. The lowest BCUT2D eigenvalue weighted by Crippen LogP contribution is -2.21. The van der Waals surface area contributed by atoms with Crippen molar-refractivity contribution in [1.82, 2.24) is 0 Å². The van der Waals surface area contributed by atoms with Crippen LogP contribution in [-0.4, -0.2) is 19.6 Å². The second kappa shape index (κ2) is 9.67. The highest BCUT2D eigenvalue weighted by molar-refractivity contribution is 6.30. The highest BCUT2D eigenvalue weighted by Gasteiger charge is 2.04. The second-order valence-electron chi connectivity index (χ2n) is 6.07. The number of nitrogens with one attached hydrogen (secondary N) is 2. The minimum atomic E-state index is -0.142. The Balaban J connectivity index is 1.45. The minimum Gasteiger partial charge on any atom is -0.497 e. The molecule has 0 spiro atoms. The smallest absolute Gasteiger partial charge is 0.243 e. The molecule has 144 valence electrons. The molecule has 0 atom stereocenters. The number of rotatable bonds is 8. The van der Waals surface area contributed by atoms with E-state index >= 15 is 0 Å². The Kier molecular flexibility index (Phi) is 6.76. The molecule has 0 heterocycles. The molecule has 2 N–H and O–H groups in total. The van der Waals surface area contributed by atoms with Gasteiger partial charge in [-0.25, -0.2) is 0 Å². The van der Waals surface area contributed by atoms with Crippen molar-refractivity contribution >= 4 is 28.9 Å². The molecular formula is C22H21ClN2O3. The van der Waals surface area contributed by atoms with Crippen molar-refractivity contribution in [3.63, 3.8) is 0 Å². The zero-order valence-electron chi connectivity index (χ0n) is 15.4. The number of benzene rings is 3. The minimum absolute atomic E-state index is 0.142. The van der Waals surface area contributed by atoms with Crippen LogP contribution in [0.15, 0.2) is 72.8 Å². The van der Waals surface area contributed by atoms with E-state index in [9.17, 15) is 4.79 Å². The van der Waals surface area contributed by atoms with Crippen molar-refractivity contribution in [3.05, 3.63) is 83.4 Å². The lowest BCUT2D eigenvalue weighted by molar-refractivity contribution is -0.114. The number of carbonyl (C=O) groups is 1. The van der Waals surface area contributed by atoms with Crippen LogP contribution in [0.3, 0.4) is 0 Å². The molecular weight excluding hydrogens is 376 g/mol. The van der Waals surface area contributed by atoms with E-state index in [2.05, 4.69) is 10.6 Å². The number of halogens is 1. The highest BCUT2D eigenvalue weighted by Crippen LogP contribution is 2.19. The van der Waals surface area contributed by atoms with Gasteiger partial charge < -0.3 is 20.1 Å². The van der Waals surface area contributed by atoms with Crippen molar-refractivity contribution in [2.75, 3.05) is 24.3 Å². The van der Waals surface area contributed by atoms with Gasteiger partial charge in [-0.2, -0.15) is 0 Å². The van der Waals surface area contributed by atoms with Gasteiger partial charge in [0.15, 0.2) is 0 Å². The molecule has 3 rings (SSSR count). The Hall–Kier alpha value is -3.18. The van der Waals surface area contributed by atoms with Gasteiger partial charge in [0.25, 0.3) is 0 Å². The van der Waals surface area contributed by atoms with Crippen LogP contribution in [-0.2, 0) is 11.4 Å². The summed E-state index contributed by atoms with van der Waals surface area (Å²) in [5.74, 6) is 1.30. The molecule has 0 aliphatic carbocycles. The number of carbonyl (C=O) groups excluding carboxylic acids is 1. The van der Waals surface area contributed by atoms with E-state index in [0.717, 1.165) is 17.0 Å². The van der Waals surface area contributed by atoms with Crippen molar-refractivity contribution in [1.29, 1.82) is 0 Å². The Labute approximate surface area is 169 Å². The molecule has 0 aliphatic heterocycles. The van der Waals surface area contributed by atoms with E-state index in [1.807, 2.05) is 66.7 Å². The average Bonchev–Trinajstić information content (AvgIpc) is 2.73. The Morgan fingerprint density at radius 3 is 2.39 bits per heavy atom. The summed E-state index contributed by atoms with van der Waals surface area (Å²) in [7, 11) is 1.59. The van der Waals surface area contributed by atoms with E-state index in [1.54, 1.807) is 13.2 Å². The molecule has 3 aromatic rings. The lowest BCUT2D eigenvalue weighted by atomic mass is 10.2. The molecule has 0 unspecified atom stereocenters. The first-order valence-corrected chi connectivity index (χ1v) is 9.15. The van der Waals surface area contributed by atoms with E-state index in [-0.39, 0.29) is 12.5 Å². The van der Waals surface area contributed by atoms with Crippen molar-refractivity contribution < 1.29 is 14.3 Å². The number of anilines is 2. The fraction of sp³-hybridized carbons (Fsp3) is 0.136. The van der Waals surface area contributed by atoms with Crippen molar-refractivity contribution in [3.8, 4) is 11.5 Å². The number of ether oxygens (including phenoxy) is 2. The van der Waals surface area contributed by atoms with Gasteiger partial charge >= 0.3 is 0 Å². The van der Waals surface area contributed by atoms with Crippen LogP contribution in [0.4, 0.5) is 11.4 Å². The van der Waals surface area contributed by atoms with Crippen LogP contribution in [0.25, 0.3) is 0 Å². The first-order chi connectivity index (χ1) is 13.6. The van der Waals surface area contributed by atoms with Crippen LogP contribution in [0.5, 0.6) is 11.5 Å². The van der Waals surface area contributed by atoms with Gasteiger partial charge in [-0.05, 0) is 54.1 Å². The van der Waals surface area contributed by atoms with Crippen molar-refractivity contribution in [2.45, 2.75) is 6.61 Å². The normalized spacial score (nSPS) is 10.2. The van der Waals surface area contributed by atoms with Crippen LogP contribution in [0.2, 0.25) is 5.02 Å². The maximum atomic E-state index is 12.1. The summed E-state index contributed by atoms with van der Waals surface area (Å²) >= 11 is 5.88. The lowest BCUT2D eigenvalue weighted by Gasteiger charge is -2.10. The number of hydrogen-bond acceptors (Lipinski definition) is 4. The predicted molar refractivity (Wildman–Crippen MR) is 112 cm³/mol. The summed E-state index contributed by atoms with van der Waals surface area (Å²) in [6.45, 7) is 0.620. The molecule has 0 radical (unpaired) electrons. The van der Waals surface area contributed by atoms with Crippen LogP contribution < -0.4 is 20.1 Å². The molecule has 0 saturated carbocycles. The third-order valence-electron chi connectivity index (χ3n) is 3.98. The second-order valence-corrected chi connectivity index (χ2v) is 6.51. The van der Waals surface area contributed by atoms with Crippen molar-refractivity contribution in [2.24, 2.45) is 0 Å². The molecule has 1 amide bonds. The summed E-state index contributed by atoms with van der Waals surface area (Å²) in [6, 6.07) is 22.2. The first kappa shape index (κ1) is 19.6. The van der Waals surface area contributed by atoms with Crippen LogP contribution in [0.1, 0.15) is 5.56 Å². The Morgan fingerprint density at radius 1 is 0.929 bits per heavy atom. The van der Waals surface area contributed by atoms with Gasteiger partial charge in [-0.3, -0.25) is 4.79 Å². The molecule has 0 saturated heterocycles. The van der Waals surface area contributed by atoms with Gasteiger partial charge in [0.05, 0.1) is 13.7 Å². The number of hydrogen-bond donors (Lipinski definition) is 2. The van der Waals surface area contributed by atoms with E-state index < -0.39 is 0 Å². The SMILES string of the molecule is COc1cccc(NC(=O)CNc2ccc(OCc3ccc(Cl)cc3)cc2)c1. The monoisotopic (exact) mass is 396 g/mol. The van der Waals surface area contributed by atoms with Gasteiger partial charge in [0.2, 0.25) is 5.91 Å². The average molecular weight is 397 g/mol. The predicted octanol–water partition coefficient (Wildman–Crippen LogP) is 4.98. The van der Waals surface area contributed by atoms with E-state index in [0.29, 0.717) is 23.1 Å². The standard InChI is InChI=1S/C22H21ClN2O3/c1-27-21-4-2-3-19(13-21)25-22(26)14-24-18-9-11-20(12-10-18)28-15-16-5-7-17(23)8-6-16/h2-13,24H,14-15H2,1H3,(H,25,26). The molecule has 3 aromatic carbocycles. The molecule has 28 heavy (non-hydrogen) atoms. The molecule has 0 aliphatic rings. The molecule has 0 bridgehead atoms. The quantitative estimate of drug-likeness (QED) is 0.563. The fourth-order valence-electron chi connectivity index (χ4n) is 2.50. The molecule has 0 fully saturated rings. The zero-order valence-corrected chi connectivity index (χ0v) is 16.2. The molecule has 5 nitrogen and oxygen atoms in total. The Morgan fingerprint density at radius 2 is 1.68 bits per heavy atom. The number of methoxy groups -OCH3 is 1. The van der Waals surface area contributed by atoms with Crippen LogP contribution >= 0.6 is 11.6 Å². The van der Waals surface area contributed by atoms with E-state index in [1.165, 1.54) is 0 Å². The van der Waals surface area contributed by atoms with Gasteiger partial charge in [-0.15, -0.1) is 0 Å². The van der Waals surface area contributed by atoms with Gasteiger partial charge in [0.1, 0.15) is 18.1 Å². The maximum absolute atomic E-state index is 12.1.